The zero-order valence-corrected chi connectivity index (χ0v) is 10.2. The molecular weight excluding hydrogens is 210 g/mol. The largest absolute Gasteiger partial charge is 0.396 e. The third-order valence-electron chi connectivity index (χ3n) is 2.64. The Labute approximate surface area is 96.5 Å². The Morgan fingerprint density at radius 3 is 2.38 bits per heavy atom. The normalized spacial score (nSPS) is 15.6. The second-order valence-electron chi connectivity index (χ2n) is 4.69. The summed E-state index contributed by atoms with van der Waals surface area (Å²) in [5.41, 5.74) is -0.854. The summed E-state index contributed by atoms with van der Waals surface area (Å²) in [5, 5.41) is 30.4. The zero-order chi connectivity index (χ0) is 12.8. The molecule has 0 aliphatic rings. The van der Waals surface area contributed by atoms with Gasteiger partial charge in [0.05, 0.1) is 12.7 Å². The second kappa shape index (κ2) is 6.83. The van der Waals surface area contributed by atoms with E-state index < -0.39 is 23.5 Å². The molecule has 0 aromatic rings. The van der Waals surface area contributed by atoms with E-state index in [0.717, 1.165) is 0 Å². The Morgan fingerprint density at radius 2 is 1.94 bits per heavy atom. The lowest BCUT2D eigenvalue weighted by Gasteiger charge is -2.27. The fourth-order valence-electron chi connectivity index (χ4n) is 1.10. The molecule has 0 aromatic heterocycles. The van der Waals surface area contributed by atoms with Gasteiger partial charge in [-0.15, -0.1) is 0 Å². The fraction of sp³-hybridized carbons (Fsp3) is 0.909. The fourth-order valence-corrected chi connectivity index (χ4v) is 1.10. The first kappa shape index (κ1) is 15.3. The lowest BCUT2D eigenvalue weighted by Crippen LogP contribution is -2.46. The second-order valence-corrected chi connectivity index (χ2v) is 4.69. The number of hydrogen-bond donors (Lipinski definition) is 4. The molecule has 96 valence electrons. The minimum atomic E-state index is -1.24. The molecule has 2 atom stereocenters. The van der Waals surface area contributed by atoms with Crippen molar-refractivity contribution in [2.75, 3.05) is 13.2 Å². The average molecular weight is 233 g/mol. The highest BCUT2D eigenvalue weighted by Gasteiger charge is 2.32. The van der Waals surface area contributed by atoms with Crippen LogP contribution in [0.5, 0.6) is 0 Å². The van der Waals surface area contributed by atoms with Crippen LogP contribution in [-0.2, 0) is 4.79 Å². The van der Waals surface area contributed by atoms with Crippen LogP contribution >= 0.6 is 0 Å². The number of nitrogens with one attached hydrogen (secondary N) is 1. The number of hydrogen-bond acceptors (Lipinski definition) is 4. The van der Waals surface area contributed by atoms with Gasteiger partial charge in [0.1, 0.15) is 6.10 Å². The van der Waals surface area contributed by atoms with Gasteiger partial charge in [-0.05, 0) is 12.8 Å². The first-order valence-electron chi connectivity index (χ1n) is 5.59. The van der Waals surface area contributed by atoms with E-state index in [9.17, 15) is 15.0 Å². The molecule has 5 nitrogen and oxygen atoms in total. The SMILES string of the molecule is CCC(O)CCNC(=O)C(O)C(C)(C)CO. The summed E-state index contributed by atoms with van der Waals surface area (Å²) in [7, 11) is 0. The molecule has 0 saturated carbocycles. The summed E-state index contributed by atoms with van der Waals surface area (Å²) in [4.78, 5) is 11.5. The van der Waals surface area contributed by atoms with Crippen LogP contribution in [0.3, 0.4) is 0 Å². The van der Waals surface area contributed by atoms with Crippen LogP contribution in [0.15, 0.2) is 0 Å². The highest BCUT2D eigenvalue weighted by molar-refractivity contribution is 5.81. The first-order chi connectivity index (χ1) is 7.35. The number of carbonyl (C=O) groups excluding carboxylic acids is 1. The molecule has 0 bridgehead atoms. The molecule has 5 heteroatoms. The molecule has 0 rings (SSSR count). The number of aliphatic hydroxyl groups is 3. The van der Waals surface area contributed by atoms with Crippen molar-refractivity contribution in [3.63, 3.8) is 0 Å². The molecule has 0 aliphatic heterocycles. The lowest BCUT2D eigenvalue weighted by atomic mass is 9.87. The van der Waals surface area contributed by atoms with Crippen LogP contribution in [0.25, 0.3) is 0 Å². The van der Waals surface area contributed by atoms with Crippen molar-refractivity contribution in [2.45, 2.75) is 45.8 Å². The third kappa shape index (κ3) is 4.92. The van der Waals surface area contributed by atoms with Crippen molar-refractivity contribution in [1.29, 1.82) is 0 Å². The highest BCUT2D eigenvalue weighted by atomic mass is 16.3. The van der Waals surface area contributed by atoms with E-state index >= 15 is 0 Å². The van der Waals surface area contributed by atoms with E-state index in [1.54, 1.807) is 13.8 Å². The number of rotatable bonds is 7. The molecular formula is C11H23NO4. The summed E-state index contributed by atoms with van der Waals surface area (Å²) in [6.45, 7) is 5.14. The smallest absolute Gasteiger partial charge is 0.249 e. The molecule has 4 N–H and O–H groups in total. The Kier molecular flexibility index (Phi) is 6.55. The van der Waals surface area contributed by atoms with Crippen LogP contribution < -0.4 is 5.32 Å². The molecule has 2 unspecified atom stereocenters. The van der Waals surface area contributed by atoms with Gasteiger partial charge < -0.3 is 20.6 Å². The standard InChI is InChI=1S/C11H23NO4/c1-4-8(14)5-6-12-10(16)9(15)11(2,3)7-13/h8-9,13-15H,4-7H2,1-3H3,(H,12,16). The molecule has 0 fully saturated rings. The highest BCUT2D eigenvalue weighted by Crippen LogP contribution is 2.19. The van der Waals surface area contributed by atoms with Gasteiger partial charge in [0, 0.05) is 12.0 Å². The van der Waals surface area contributed by atoms with Crippen molar-refractivity contribution >= 4 is 5.91 Å². The monoisotopic (exact) mass is 233 g/mol. The predicted octanol–water partition coefficient (Wildman–Crippen LogP) is -0.357. The summed E-state index contributed by atoms with van der Waals surface area (Å²) in [5.74, 6) is -0.512. The number of aliphatic hydroxyl groups excluding tert-OH is 3. The van der Waals surface area contributed by atoms with Gasteiger partial charge in [-0.1, -0.05) is 20.8 Å². The third-order valence-corrected chi connectivity index (χ3v) is 2.64. The maximum absolute atomic E-state index is 11.5. The van der Waals surface area contributed by atoms with E-state index in [-0.39, 0.29) is 6.61 Å². The maximum atomic E-state index is 11.5. The Balaban J connectivity index is 3.98. The zero-order valence-electron chi connectivity index (χ0n) is 10.2. The quantitative estimate of drug-likeness (QED) is 0.483. The van der Waals surface area contributed by atoms with Gasteiger partial charge in [-0.3, -0.25) is 4.79 Å². The lowest BCUT2D eigenvalue weighted by molar-refractivity contribution is -0.137. The van der Waals surface area contributed by atoms with E-state index in [2.05, 4.69) is 5.32 Å². The van der Waals surface area contributed by atoms with Crippen LogP contribution in [0.4, 0.5) is 0 Å². The number of amides is 1. The van der Waals surface area contributed by atoms with Gasteiger partial charge >= 0.3 is 0 Å². The van der Waals surface area contributed by atoms with Gasteiger partial charge in [0.15, 0.2) is 0 Å². The Bertz CT molecular complexity index is 218. The topological polar surface area (TPSA) is 89.8 Å². The summed E-state index contributed by atoms with van der Waals surface area (Å²) in [6.07, 6.45) is -0.561. The molecule has 0 heterocycles. The van der Waals surface area contributed by atoms with Gasteiger partial charge in [-0.2, -0.15) is 0 Å². The molecule has 0 aromatic carbocycles. The molecule has 0 saturated heterocycles. The molecule has 16 heavy (non-hydrogen) atoms. The van der Waals surface area contributed by atoms with E-state index in [4.69, 9.17) is 5.11 Å². The summed E-state index contributed by atoms with van der Waals surface area (Å²) < 4.78 is 0. The van der Waals surface area contributed by atoms with Crippen molar-refractivity contribution < 1.29 is 20.1 Å². The van der Waals surface area contributed by atoms with Crippen molar-refractivity contribution in [3.8, 4) is 0 Å². The van der Waals surface area contributed by atoms with Gasteiger partial charge in [0.25, 0.3) is 0 Å². The maximum Gasteiger partial charge on any atom is 0.249 e. The van der Waals surface area contributed by atoms with Gasteiger partial charge in [-0.25, -0.2) is 0 Å². The Morgan fingerprint density at radius 1 is 1.38 bits per heavy atom. The summed E-state index contributed by atoms with van der Waals surface area (Å²) in [6, 6.07) is 0. The first-order valence-corrected chi connectivity index (χ1v) is 5.59. The van der Waals surface area contributed by atoms with E-state index in [1.807, 2.05) is 6.92 Å². The van der Waals surface area contributed by atoms with E-state index in [0.29, 0.717) is 19.4 Å². The van der Waals surface area contributed by atoms with Crippen LogP contribution in [-0.4, -0.2) is 46.6 Å². The van der Waals surface area contributed by atoms with E-state index in [1.165, 1.54) is 0 Å². The predicted molar refractivity (Wildman–Crippen MR) is 60.8 cm³/mol. The van der Waals surface area contributed by atoms with Crippen molar-refractivity contribution in [2.24, 2.45) is 5.41 Å². The molecule has 0 aliphatic carbocycles. The molecule has 0 spiro atoms. The minimum Gasteiger partial charge on any atom is -0.396 e. The van der Waals surface area contributed by atoms with Crippen molar-refractivity contribution in [3.05, 3.63) is 0 Å². The minimum absolute atomic E-state index is 0.265. The van der Waals surface area contributed by atoms with Crippen LogP contribution in [0.1, 0.15) is 33.6 Å². The van der Waals surface area contributed by atoms with Crippen molar-refractivity contribution in [1.82, 2.24) is 5.32 Å². The number of carbonyl (C=O) groups is 1. The summed E-state index contributed by atoms with van der Waals surface area (Å²) >= 11 is 0. The molecule has 1 amide bonds. The van der Waals surface area contributed by atoms with Crippen LogP contribution in [0, 0.1) is 5.41 Å². The van der Waals surface area contributed by atoms with Gasteiger partial charge in [0.2, 0.25) is 5.91 Å². The van der Waals surface area contributed by atoms with Crippen LogP contribution in [0.2, 0.25) is 0 Å². The Hall–Kier alpha value is -0.650. The molecule has 0 radical (unpaired) electrons. The average Bonchev–Trinajstić information content (AvgIpc) is 2.27.